The molecule has 0 aromatic carbocycles. The van der Waals surface area contributed by atoms with Crippen LogP contribution in [0.25, 0.3) is 5.52 Å². The highest BCUT2D eigenvalue weighted by atomic mass is 16.1. The number of hydrogen-bond donors (Lipinski definition) is 1. The van der Waals surface area contributed by atoms with Gasteiger partial charge in [-0.2, -0.15) is 10.4 Å². The third kappa shape index (κ3) is 2.43. The number of fused-ring (bicyclic) bond motifs is 1. The number of hydrogen-bond acceptors (Lipinski definition) is 4. The minimum Gasteiger partial charge on any atom is -0.350 e. The van der Waals surface area contributed by atoms with E-state index >= 15 is 0 Å². The molecule has 1 N–H and O–H groups in total. The number of carbonyl (C=O) groups is 1. The Labute approximate surface area is 116 Å². The topological polar surface area (TPSA) is 73.4 Å². The van der Waals surface area contributed by atoms with Crippen molar-refractivity contribution in [3.63, 3.8) is 0 Å². The predicted octanol–water partition coefficient (Wildman–Crippen LogP) is 0.867. The molecule has 20 heavy (non-hydrogen) atoms. The van der Waals surface area contributed by atoms with Crippen LogP contribution in [0.3, 0.4) is 0 Å². The number of amides is 1. The standard InChI is InChI=1S/C14H15N5O/c15-10-18-6-4-11(9-18)8-16-14(20)13-7-12-3-1-2-5-19(12)17-13/h1-3,5,7,11H,4,6,8-9H2,(H,16,20). The molecule has 2 aromatic heterocycles. The monoisotopic (exact) mass is 269 g/mol. The van der Waals surface area contributed by atoms with Gasteiger partial charge < -0.3 is 10.2 Å². The first-order chi connectivity index (χ1) is 9.76. The summed E-state index contributed by atoms with van der Waals surface area (Å²) in [5.41, 5.74) is 1.32. The Morgan fingerprint density at radius 3 is 3.20 bits per heavy atom. The number of pyridine rings is 1. The van der Waals surface area contributed by atoms with Crippen molar-refractivity contribution < 1.29 is 4.79 Å². The summed E-state index contributed by atoms with van der Waals surface area (Å²) in [7, 11) is 0. The number of aromatic nitrogens is 2. The Morgan fingerprint density at radius 1 is 1.55 bits per heavy atom. The Balaban J connectivity index is 1.61. The Kier molecular flexibility index (Phi) is 3.25. The summed E-state index contributed by atoms with van der Waals surface area (Å²) in [6.07, 6.45) is 4.89. The second-order valence-electron chi connectivity index (χ2n) is 5.01. The molecule has 102 valence electrons. The van der Waals surface area contributed by atoms with Gasteiger partial charge >= 0.3 is 0 Å². The van der Waals surface area contributed by atoms with E-state index in [0.717, 1.165) is 25.0 Å². The number of likely N-dealkylation sites (tertiary alicyclic amines) is 1. The number of rotatable bonds is 3. The Hall–Kier alpha value is -2.55. The molecule has 0 radical (unpaired) electrons. The normalized spacial score (nSPS) is 18.1. The zero-order valence-electron chi connectivity index (χ0n) is 11.0. The largest absolute Gasteiger partial charge is 0.350 e. The van der Waals surface area contributed by atoms with Gasteiger partial charge in [-0.15, -0.1) is 0 Å². The van der Waals surface area contributed by atoms with E-state index in [1.54, 1.807) is 15.5 Å². The zero-order chi connectivity index (χ0) is 13.9. The molecule has 0 aliphatic carbocycles. The number of nitrogens with one attached hydrogen (secondary N) is 1. The molecule has 1 unspecified atom stereocenters. The average Bonchev–Trinajstić information content (AvgIpc) is 3.10. The van der Waals surface area contributed by atoms with Crippen LogP contribution >= 0.6 is 0 Å². The van der Waals surface area contributed by atoms with Crippen molar-refractivity contribution in [3.8, 4) is 6.19 Å². The van der Waals surface area contributed by atoms with Crippen molar-refractivity contribution in [1.29, 1.82) is 5.26 Å². The molecular formula is C14H15N5O. The first-order valence-corrected chi connectivity index (χ1v) is 6.63. The lowest BCUT2D eigenvalue weighted by Crippen LogP contribution is -2.30. The van der Waals surface area contributed by atoms with Crippen molar-refractivity contribution in [2.75, 3.05) is 19.6 Å². The Bertz CT molecular complexity index is 638. The highest BCUT2D eigenvalue weighted by molar-refractivity contribution is 5.93. The van der Waals surface area contributed by atoms with Crippen molar-refractivity contribution >= 4 is 11.4 Å². The van der Waals surface area contributed by atoms with Gasteiger partial charge in [-0.1, -0.05) is 6.07 Å². The minimum absolute atomic E-state index is 0.163. The average molecular weight is 269 g/mol. The lowest BCUT2D eigenvalue weighted by molar-refractivity contribution is 0.0942. The fourth-order valence-electron chi connectivity index (χ4n) is 2.47. The van der Waals surface area contributed by atoms with Crippen LogP contribution in [0.15, 0.2) is 30.5 Å². The van der Waals surface area contributed by atoms with E-state index in [0.29, 0.717) is 18.2 Å². The third-order valence-corrected chi connectivity index (χ3v) is 3.58. The van der Waals surface area contributed by atoms with Crippen LogP contribution in [-0.2, 0) is 0 Å². The second kappa shape index (κ2) is 5.21. The fourth-order valence-corrected chi connectivity index (χ4v) is 2.47. The van der Waals surface area contributed by atoms with Crippen LogP contribution in [0, 0.1) is 17.4 Å². The number of nitrogens with zero attached hydrogens (tertiary/aromatic N) is 4. The molecular weight excluding hydrogens is 254 g/mol. The van der Waals surface area contributed by atoms with Crippen molar-refractivity contribution in [2.24, 2.45) is 5.92 Å². The maximum atomic E-state index is 12.1. The minimum atomic E-state index is -0.163. The molecule has 6 nitrogen and oxygen atoms in total. The van der Waals surface area contributed by atoms with Gasteiger partial charge in [0.15, 0.2) is 11.9 Å². The van der Waals surface area contributed by atoms with E-state index in [1.807, 2.05) is 24.4 Å². The highest BCUT2D eigenvalue weighted by Crippen LogP contribution is 2.14. The van der Waals surface area contributed by atoms with Gasteiger partial charge in [0.25, 0.3) is 5.91 Å². The second-order valence-corrected chi connectivity index (χ2v) is 5.01. The zero-order valence-corrected chi connectivity index (χ0v) is 11.0. The molecule has 0 spiro atoms. The summed E-state index contributed by atoms with van der Waals surface area (Å²) < 4.78 is 1.68. The smallest absolute Gasteiger partial charge is 0.271 e. The van der Waals surface area contributed by atoms with Crippen molar-refractivity contribution in [3.05, 3.63) is 36.2 Å². The summed E-state index contributed by atoms with van der Waals surface area (Å²) in [5.74, 6) is 0.180. The summed E-state index contributed by atoms with van der Waals surface area (Å²) in [4.78, 5) is 13.8. The third-order valence-electron chi connectivity index (χ3n) is 3.58. The van der Waals surface area contributed by atoms with Gasteiger partial charge in [0.05, 0.1) is 5.52 Å². The van der Waals surface area contributed by atoms with Crippen LogP contribution in [-0.4, -0.2) is 40.1 Å². The molecule has 0 bridgehead atoms. The van der Waals surface area contributed by atoms with Crippen LogP contribution in [0.1, 0.15) is 16.9 Å². The van der Waals surface area contributed by atoms with E-state index < -0.39 is 0 Å². The van der Waals surface area contributed by atoms with E-state index in [1.165, 1.54) is 0 Å². The van der Waals surface area contributed by atoms with Gasteiger partial charge in [0.1, 0.15) is 0 Å². The van der Waals surface area contributed by atoms with Gasteiger partial charge in [-0.3, -0.25) is 4.79 Å². The van der Waals surface area contributed by atoms with E-state index in [-0.39, 0.29) is 5.91 Å². The molecule has 1 saturated heterocycles. The molecule has 1 fully saturated rings. The SMILES string of the molecule is N#CN1CCC(CNC(=O)c2cc3ccccn3n2)C1. The molecule has 1 aliphatic heterocycles. The molecule has 3 heterocycles. The fraction of sp³-hybridized carbons (Fsp3) is 0.357. The number of nitriles is 1. The van der Waals surface area contributed by atoms with Crippen LogP contribution in [0.2, 0.25) is 0 Å². The van der Waals surface area contributed by atoms with Crippen LogP contribution < -0.4 is 5.32 Å². The number of carbonyl (C=O) groups excluding carboxylic acids is 1. The van der Waals surface area contributed by atoms with Gasteiger partial charge in [-0.05, 0) is 30.5 Å². The first-order valence-electron chi connectivity index (χ1n) is 6.63. The summed E-state index contributed by atoms with van der Waals surface area (Å²) in [5, 5.41) is 15.9. The van der Waals surface area contributed by atoms with Crippen molar-refractivity contribution in [1.82, 2.24) is 19.8 Å². The molecule has 2 aromatic rings. The highest BCUT2D eigenvalue weighted by Gasteiger charge is 2.22. The summed E-state index contributed by atoms with van der Waals surface area (Å²) >= 11 is 0. The maximum absolute atomic E-state index is 12.1. The summed E-state index contributed by atoms with van der Waals surface area (Å²) in [6.45, 7) is 2.10. The molecule has 3 rings (SSSR count). The quantitative estimate of drug-likeness (QED) is 0.839. The van der Waals surface area contributed by atoms with Gasteiger partial charge in [0.2, 0.25) is 0 Å². The molecule has 0 saturated carbocycles. The molecule has 1 aliphatic rings. The van der Waals surface area contributed by atoms with Gasteiger partial charge in [-0.25, -0.2) is 4.52 Å². The maximum Gasteiger partial charge on any atom is 0.271 e. The van der Waals surface area contributed by atoms with Gasteiger partial charge in [0, 0.05) is 25.8 Å². The predicted molar refractivity (Wildman–Crippen MR) is 72.8 cm³/mol. The van der Waals surface area contributed by atoms with E-state index in [9.17, 15) is 4.79 Å². The van der Waals surface area contributed by atoms with E-state index in [2.05, 4.69) is 16.6 Å². The lowest BCUT2D eigenvalue weighted by atomic mass is 10.1. The van der Waals surface area contributed by atoms with Crippen LogP contribution in [0.4, 0.5) is 0 Å². The van der Waals surface area contributed by atoms with E-state index in [4.69, 9.17) is 5.26 Å². The molecule has 1 amide bonds. The first kappa shape index (κ1) is 12.5. The summed E-state index contributed by atoms with van der Waals surface area (Å²) in [6, 6.07) is 7.46. The van der Waals surface area contributed by atoms with Crippen LogP contribution in [0.5, 0.6) is 0 Å². The lowest BCUT2D eigenvalue weighted by Gasteiger charge is -2.10. The molecule has 6 heteroatoms. The van der Waals surface area contributed by atoms with Crippen molar-refractivity contribution in [2.45, 2.75) is 6.42 Å². The molecule has 1 atom stereocenters. The Morgan fingerprint density at radius 2 is 2.45 bits per heavy atom.